The molecule has 0 unspecified atom stereocenters. The standard InChI is InChI=1S/C17H19N5O2/c1-17(2,10-23)21-16(24)13-4-3-7-18-15(13)20-12-5-6-14-11(8-12)9-19-22-14/h3-9,23H,10H2,1-2H3,(H,18,20)(H,19,22)(H,21,24). The summed E-state index contributed by atoms with van der Waals surface area (Å²) in [5.74, 6) is 0.153. The minimum Gasteiger partial charge on any atom is -0.394 e. The van der Waals surface area contributed by atoms with Crippen LogP contribution in [0.15, 0.2) is 42.7 Å². The van der Waals surface area contributed by atoms with E-state index in [1.807, 2.05) is 18.2 Å². The van der Waals surface area contributed by atoms with Crippen LogP contribution in [0.1, 0.15) is 24.2 Å². The summed E-state index contributed by atoms with van der Waals surface area (Å²) < 4.78 is 0. The van der Waals surface area contributed by atoms with E-state index >= 15 is 0 Å². The van der Waals surface area contributed by atoms with Crippen LogP contribution >= 0.6 is 0 Å². The summed E-state index contributed by atoms with van der Waals surface area (Å²) in [6.07, 6.45) is 3.35. The second-order valence-electron chi connectivity index (χ2n) is 6.19. The Morgan fingerprint density at radius 3 is 2.96 bits per heavy atom. The molecule has 1 amide bonds. The van der Waals surface area contributed by atoms with Crippen molar-refractivity contribution < 1.29 is 9.90 Å². The smallest absolute Gasteiger partial charge is 0.255 e. The van der Waals surface area contributed by atoms with Gasteiger partial charge in [-0.05, 0) is 44.2 Å². The second-order valence-corrected chi connectivity index (χ2v) is 6.19. The van der Waals surface area contributed by atoms with E-state index in [2.05, 4.69) is 25.8 Å². The zero-order chi connectivity index (χ0) is 17.2. The highest BCUT2D eigenvalue weighted by Crippen LogP contribution is 2.22. The molecule has 0 radical (unpaired) electrons. The van der Waals surface area contributed by atoms with Crippen LogP contribution in [-0.2, 0) is 0 Å². The number of anilines is 2. The van der Waals surface area contributed by atoms with Crippen molar-refractivity contribution in [2.24, 2.45) is 0 Å². The molecule has 2 aromatic heterocycles. The van der Waals surface area contributed by atoms with Gasteiger partial charge >= 0.3 is 0 Å². The average Bonchev–Trinajstić information content (AvgIpc) is 3.02. The quantitative estimate of drug-likeness (QED) is 0.576. The van der Waals surface area contributed by atoms with Crippen LogP contribution < -0.4 is 10.6 Å². The average molecular weight is 325 g/mol. The number of hydrogen-bond acceptors (Lipinski definition) is 5. The Morgan fingerprint density at radius 1 is 1.33 bits per heavy atom. The minimum absolute atomic E-state index is 0.154. The molecule has 0 aliphatic rings. The number of benzene rings is 1. The maximum atomic E-state index is 12.5. The van der Waals surface area contributed by atoms with Crippen LogP contribution in [0, 0.1) is 0 Å². The van der Waals surface area contributed by atoms with Crippen molar-refractivity contribution in [2.45, 2.75) is 19.4 Å². The van der Waals surface area contributed by atoms with Gasteiger partial charge < -0.3 is 15.7 Å². The van der Waals surface area contributed by atoms with Crippen molar-refractivity contribution in [1.29, 1.82) is 0 Å². The van der Waals surface area contributed by atoms with E-state index in [9.17, 15) is 9.90 Å². The molecule has 0 saturated carbocycles. The molecule has 0 fully saturated rings. The van der Waals surface area contributed by atoms with Gasteiger partial charge in [0.25, 0.3) is 5.91 Å². The molecule has 0 atom stereocenters. The second kappa shape index (κ2) is 6.29. The fourth-order valence-electron chi connectivity index (χ4n) is 2.26. The number of rotatable bonds is 5. The monoisotopic (exact) mass is 325 g/mol. The summed E-state index contributed by atoms with van der Waals surface area (Å²) in [6.45, 7) is 3.35. The number of nitrogens with zero attached hydrogens (tertiary/aromatic N) is 2. The molecule has 0 bridgehead atoms. The first-order valence-electron chi connectivity index (χ1n) is 7.57. The lowest BCUT2D eigenvalue weighted by molar-refractivity contribution is 0.0870. The third kappa shape index (κ3) is 3.36. The van der Waals surface area contributed by atoms with Gasteiger partial charge in [0.2, 0.25) is 0 Å². The first-order valence-corrected chi connectivity index (χ1v) is 7.57. The highest BCUT2D eigenvalue weighted by molar-refractivity contribution is 6.00. The lowest BCUT2D eigenvalue weighted by atomic mass is 10.1. The van der Waals surface area contributed by atoms with Crippen molar-refractivity contribution in [1.82, 2.24) is 20.5 Å². The van der Waals surface area contributed by atoms with Crippen molar-refractivity contribution >= 4 is 28.3 Å². The van der Waals surface area contributed by atoms with E-state index in [4.69, 9.17) is 0 Å². The van der Waals surface area contributed by atoms with Crippen molar-refractivity contribution in [3.63, 3.8) is 0 Å². The Bertz CT molecular complexity index is 872. The third-order valence-corrected chi connectivity index (χ3v) is 3.60. The van der Waals surface area contributed by atoms with E-state index in [0.717, 1.165) is 16.6 Å². The molecule has 1 aromatic carbocycles. The normalized spacial score (nSPS) is 11.5. The molecule has 24 heavy (non-hydrogen) atoms. The Balaban J connectivity index is 1.87. The Labute approximate surface area is 139 Å². The summed E-state index contributed by atoms with van der Waals surface area (Å²) >= 11 is 0. The number of pyridine rings is 1. The summed E-state index contributed by atoms with van der Waals surface area (Å²) in [5, 5.41) is 23.1. The number of aromatic amines is 1. The molecular weight excluding hydrogens is 306 g/mol. The number of carbonyl (C=O) groups is 1. The molecular formula is C17H19N5O2. The predicted octanol–water partition coefficient (Wildman–Crippen LogP) is 2.20. The number of nitrogens with one attached hydrogen (secondary N) is 3. The maximum Gasteiger partial charge on any atom is 0.255 e. The van der Waals surface area contributed by atoms with Crippen LogP contribution in [0.25, 0.3) is 10.9 Å². The third-order valence-electron chi connectivity index (χ3n) is 3.60. The van der Waals surface area contributed by atoms with E-state index in [1.54, 1.807) is 38.4 Å². The summed E-state index contributed by atoms with van der Waals surface area (Å²) in [6, 6.07) is 9.10. The van der Waals surface area contributed by atoms with Crippen molar-refractivity contribution in [2.75, 3.05) is 11.9 Å². The predicted molar refractivity (Wildman–Crippen MR) is 92.2 cm³/mol. The zero-order valence-electron chi connectivity index (χ0n) is 13.5. The molecule has 2 heterocycles. The maximum absolute atomic E-state index is 12.5. The van der Waals surface area contributed by atoms with E-state index in [1.165, 1.54) is 0 Å². The molecule has 0 aliphatic heterocycles. The van der Waals surface area contributed by atoms with Gasteiger partial charge in [0.1, 0.15) is 5.82 Å². The zero-order valence-corrected chi connectivity index (χ0v) is 13.5. The van der Waals surface area contributed by atoms with Gasteiger partial charge in [-0.15, -0.1) is 0 Å². The molecule has 3 rings (SSSR count). The summed E-state index contributed by atoms with van der Waals surface area (Å²) in [5.41, 5.74) is 1.44. The molecule has 4 N–H and O–H groups in total. The molecule has 0 spiro atoms. The van der Waals surface area contributed by atoms with Gasteiger partial charge in [-0.2, -0.15) is 5.10 Å². The SMILES string of the molecule is CC(C)(CO)NC(=O)c1cccnc1Nc1ccc2[nH]ncc2c1. The number of aromatic nitrogens is 3. The van der Waals surface area contributed by atoms with Gasteiger partial charge in [0, 0.05) is 17.3 Å². The minimum atomic E-state index is -0.708. The van der Waals surface area contributed by atoms with Crippen molar-refractivity contribution in [3.05, 3.63) is 48.3 Å². The van der Waals surface area contributed by atoms with Crippen LogP contribution in [0.5, 0.6) is 0 Å². The summed E-state index contributed by atoms with van der Waals surface area (Å²) in [7, 11) is 0. The number of amides is 1. The number of H-pyrrole nitrogens is 1. The Morgan fingerprint density at radius 2 is 2.17 bits per heavy atom. The molecule has 7 heteroatoms. The molecule has 0 aliphatic carbocycles. The highest BCUT2D eigenvalue weighted by Gasteiger charge is 2.22. The largest absolute Gasteiger partial charge is 0.394 e. The number of fused-ring (bicyclic) bond motifs is 1. The van der Waals surface area contributed by atoms with E-state index < -0.39 is 5.54 Å². The lowest BCUT2D eigenvalue weighted by Gasteiger charge is -2.24. The van der Waals surface area contributed by atoms with Gasteiger partial charge in [-0.25, -0.2) is 4.98 Å². The van der Waals surface area contributed by atoms with Gasteiger partial charge in [0.05, 0.1) is 29.4 Å². The van der Waals surface area contributed by atoms with E-state index in [-0.39, 0.29) is 12.5 Å². The fourth-order valence-corrected chi connectivity index (χ4v) is 2.26. The lowest BCUT2D eigenvalue weighted by Crippen LogP contribution is -2.46. The fraction of sp³-hybridized carbons (Fsp3) is 0.235. The Kier molecular flexibility index (Phi) is 4.18. The number of aliphatic hydroxyl groups excluding tert-OH is 1. The highest BCUT2D eigenvalue weighted by atomic mass is 16.3. The number of aliphatic hydroxyl groups is 1. The van der Waals surface area contributed by atoms with Crippen LogP contribution in [0.3, 0.4) is 0 Å². The molecule has 7 nitrogen and oxygen atoms in total. The summed E-state index contributed by atoms with van der Waals surface area (Å²) in [4.78, 5) is 16.7. The van der Waals surface area contributed by atoms with Crippen LogP contribution in [-0.4, -0.2) is 38.3 Å². The topological polar surface area (TPSA) is 103 Å². The van der Waals surface area contributed by atoms with Gasteiger partial charge in [-0.3, -0.25) is 9.89 Å². The first-order chi connectivity index (χ1) is 11.5. The molecule has 3 aromatic rings. The van der Waals surface area contributed by atoms with Crippen molar-refractivity contribution in [3.8, 4) is 0 Å². The van der Waals surface area contributed by atoms with Crippen LogP contribution in [0.4, 0.5) is 11.5 Å². The number of carbonyl (C=O) groups excluding carboxylic acids is 1. The first kappa shape index (κ1) is 15.9. The Hall–Kier alpha value is -2.93. The van der Waals surface area contributed by atoms with Crippen LogP contribution in [0.2, 0.25) is 0 Å². The van der Waals surface area contributed by atoms with E-state index in [0.29, 0.717) is 11.4 Å². The van der Waals surface area contributed by atoms with Gasteiger partial charge in [-0.1, -0.05) is 0 Å². The molecule has 0 saturated heterocycles. The molecule has 124 valence electrons. The van der Waals surface area contributed by atoms with Gasteiger partial charge in [0.15, 0.2) is 0 Å². The number of hydrogen-bond donors (Lipinski definition) is 4.